The predicted octanol–water partition coefficient (Wildman–Crippen LogP) is 1.08. The molecule has 1 N–H and O–H groups in total. The first-order valence-electron chi connectivity index (χ1n) is 6.73. The summed E-state index contributed by atoms with van der Waals surface area (Å²) in [5.41, 5.74) is 0. The van der Waals surface area contributed by atoms with Gasteiger partial charge in [0, 0.05) is 26.2 Å². The van der Waals surface area contributed by atoms with E-state index in [9.17, 15) is 9.59 Å². The van der Waals surface area contributed by atoms with Gasteiger partial charge in [-0.1, -0.05) is 48.0 Å². The van der Waals surface area contributed by atoms with E-state index in [1.54, 1.807) is 4.90 Å². The number of nitrogens with zero attached hydrogens (tertiary/aromatic N) is 2. The normalized spacial score (nSPS) is 18.5. The van der Waals surface area contributed by atoms with E-state index in [-0.39, 0.29) is 11.8 Å². The van der Waals surface area contributed by atoms with E-state index in [0.29, 0.717) is 28.9 Å². The van der Waals surface area contributed by atoms with Crippen LogP contribution >= 0.6 is 48.0 Å². The van der Waals surface area contributed by atoms with Crippen LogP contribution < -0.4 is 5.32 Å². The van der Waals surface area contributed by atoms with Crippen LogP contribution in [0, 0.1) is 0 Å². The van der Waals surface area contributed by atoms with E-state index in [1.807, 2.05) is 0 Å². The molecule has 0 saturated carbocycles. The van der Waals surface area contributed by atoms with Crippen LogP contribution in [0.25, 0.3) is 0 Å². The lowest BCUT2D eigenvalue weighted by Crippen LogP contribution is -2.38. The molecule has 0 aliphatic carbocycles. The van der Waals surface area contributed by atoms with Gasteiger partial charge in [-0.3, -0.25) is 14.5 Å². The van der Waals surface area contributed by atoms with Crippen molar-refractivity contribution in [1.29, 1.82) is 0 Å². The summed E-state index contributed by atoms with van der Waals surface area (Å²) in [5, 5.41) is 2.80. The van der Waals surface area contributed by atoms with Gasteiger partial charge in [-0.2, -0.15) is 0 Å². The van der Waals surface area contributed by atoms with E-state index in [4.69, 9.17) is 24.4 Å². The summed E-state index contributed by atoms with van der Waals surface area (Å²) < 4.78 is 1.40. The van der Waals surface area contributed by atoms with Gasteiger partial charge >= 0.3 is 0 Å². The molecular formula is C12H17N3O2S4. The monoisotopic (exact) mass is 363 g/mol. The molecule has 2 rings (SSSR count). The molecule has 5 nitrogen and oxygen atoms in total. The first-order chi connectivity index (χ1) is 10.1. The summed E-state index contributed by atoms with van der Waals surface area (Å²) in [7, 11) is 0. The highest BCUT2D eigenvalue weighted by Gasteiger charge is 2.26. The van der Waals surface area contributed by atoms with Crippen molar-refractivity contribution in [2.24, 2.45) is 0 Å². The highest BCUT2D eigenvalue weighted by atomic mass is 32.2. The van der Waals surface area contributed by atoms with Gasteiger partial charge in [0.05, 0.1) is 11.5 Å². The first kappa shape index (κ1) is 17.0. The highest BCUT2D eigenvalue weighted by molar-refractivity contribution is 8.24. The van der Waals surface area contributed by atoms with E-state index in [2.05, 4.69) is 10.2 Å². The SMILES string of the molecule is O=C(CSC(=S)N1CCCC1)NCCN1C(=O)CSC1=S. The Labute approximate surface area is 143 Å². The van der Waals surface area contributed by atoms with Gasteiger partial charge in [0.25, 0.3) is 0 Å². The average molecular weight is 364 g/mol. The van der Waals surface area contributed by atoms with Gasteiger partial charge in [-0.25, -0.2) is 0 Å². The van der Waals surface area contributed by atoms with Crippen LogP contribution in [0.5, 0.6) is 0 Å². The minimum absolute atomic E-state index is 0.0174. The summed E-state index contributed by atoms with van der Waals surface area (Å²) in [6.07, 6.45) is 2.35. The maximum Gasteiger partial charge on any atom is 0.238 e. The predicted molar refractivity (Wildman–Crippen MR) is 95.6 cm³/mol. The van der Waals surface area contributed by atoms with Gasteiger partial charge in [-0.05, 0) is 12.8 Å². The molecule has 0 atom stereocenters. The molecule has 2 aliphatic rings. The van der Waals surface area contributed by atoms with Crippen molar-refractivity contribution < 1.29 is 9.59 Å². The number of amides is 2. The zero-order valence-corrected chi connectivity index (χ0v) is 14.8. The molecule has 0 bridgehead atoms. The zero-order valence-electron chi connectivity index (χ0n) is 11.5. The van der Waals surface area contributed by atoms with Gasteiger partial charge < -0.3 is 10.2 Å². The van der Waals surface area contributed by atoms with Crippen LogP contribution in [0.15, 0.2) is 0 Å². The zero-order chi connectivity index (χ0) is 15.2. The van der Waals surface area contributed by atoms with E-state index in [0.717, 1.165) is 17.4 Å². The molecule has 0 unspecified atom stereocenters. The van der Waals surface area contributed by atoms with Crippen molar-refractivity contribution >= 4 is 68.4 Å². The molecule has 2 heterocycles. The second-order valence-corrected chi connectivity index (χ2v) is 7.92. The van der Waals surface area contributed by atoms with Gasteiger partial charge in [0.15, 0.2) is 0 Å². The van der Waals surface area contributed by atoms with Crippen molar-refractivity contribution in [1.82, 2.24) is 15.1 Å². The maximum absolute atomic E-state index is 11.7. The third kappa shape index (κ3) is 5.08. The summed E-state index contributed by atoms with van der Waals surface area (Å²) in [6.45, 7) is 2.86. The molecule has 0 radical (unpaired) electrons. The fourth-order valence-corrected chi connectivity index (χ4v) is 4.28. The lowest BCUT2D eigenvalue weighted by Gasteiger charge is -2.18. The molecule has 2 fully saturated rings. The second kappa shape index (κ2) is 8.30. The van der Waals surface area contributed by atoms with Crippen molar-refractivity contribution in [2.75, 3.05) is 37.7 Å². The van der Waals surface area contributed by atoms with Gasteiger partial charge in [0.1, 0.15) is 8.64 Å². The largest absolute Gasteiger partial charge is 0.358 e. The summed E-state index contributed by atoms with van der Waals surface area (Å²) >= 11 is 13.1. The quantitative estimate of drug-likeness (QED) is 0.734. The molecule has 2 aliphatic heterocycles. The van der Waals surface area contributed by atoms with Crippen LogP contribution in [0.2, 0.25) is 0 Å². The van der Waals surface area contributed by atoms with Crippen molar-refractivity contribution in [3.63, 3.8) is 0 Å². The maximum atomic E-state index is 11.7. The average Bonchev–Trinajstić information content (AvgIpc) is 3.09. The Morgan fingerprint density at radius 2 is 2.10 bits per heavy atom. The Morgan fingerprint density at radius 1 is 1.38 bits per heavy atom. The Hall–Kier alpha value is -0.380. The summed E-state index contributed by atoms with van der Waals surface area (Å²) in [5.74, 6) is 0.686. The molecule has 2 amide bonds. The number of nitrogens with one attached hydrogen (secondary N) is 1. The topological polar surface area (TPSA) is 52.7 Å². The summed E-state index contributed by atoms with van der Waals surface area (Å²) in [4.78, 5) is 26.9. The molecule has 21 heavy (non-hydrogen) atoms. The third-order valence-electron chi connectivity index (χ3n) is 3.19. The van der Waals surface area contributed by atoms with E-state index < -0.39 is 0 Å². The number of hydrogen-bond donors (Lipinski definition) is 1. The number of rotatable bonds is 5. The molecule has 116 valence electrons. The Kier molecular flexibility index (Phi) is 6.72. The minimum atomic E-state index is -0.0632. The van der Waals surface area contributed by atoms with E-state index in [1.165, 1.54) is 36.4 Å². The summed E-state index contributed by atoms with van der Waals surface area (Å²) in [6, 6.07) is 0. The molecule has 0 aromatic carbocycles. The number of carbonyl (C=O) groups is 2. The van der Waals surface area contributed by atoms with Crippen molar-refractivity contribution in [3.05, 3.63) is 0 Å². The second-order valence-electron chi connectivity index (χ2n) is 4.70. The third-order valence-corrected chi connectivity index (χ3v) is 6.15. The van der Waals surface area contributed by atoms with Crippen molar-refractivity contribution in [3.8, 4) is 0 Å². The molecular weight excluding hydrogens is 346 g/mol. The molecule has 0 aromatic rings. The van der Waals surface area contributed by atoms with Crippen molar-refractivity contribution in [2.45, 2.75) is 12.8 Å². The number of carbonyl (C=O) groups excluding carboxylic acids is 2. The van der Waals surface area contributed by atoms with Crippen LogP contribution in [0.3, 0.4) is 0 Å². The van der Waals surface area contributed by atoms with Gasteiger partial charge in [-0.15, -0.1) is 0 Å². The lowest BCUT2D eigenvalue weighted by atomic mass is 10.4. The van der Waals surface area contributed by atoms with Gasteiger partial charge in [0.2, 0.25) is 11.8 Å². The fourth-order valence-electron chi connectivity index (χ4n) is 2.07. The van der Waals surface area contributed by atoms with Crippen LogP contribution in [-0.4, -0.2) is 67.9 Å². The smallest absolute Gasteiger partial charge is 0.238 e. The van der Waals surface area contributed by atoms with Crippen LogP contribution in [-0.2, 0) is 9.59 Å². The first-order valence-corrected chi connectivity index (χ1v) is 9.52. The Bertz CT molecular complexity index is 436. The molecule has 9 heteroatoms. The van der Waals surface area contributed by atoms with Crippen LogP contribution in [0.1, 0.15) is 12.8 Å². The molecule has 0 aromatic heterocycles. The highest BCUT2D eigenvalue weighted by Crippen LogP contribution is 2.18. The number of thioether (sulfide) groups is 2. The lowest BCUT2D eigenvalue weighted by molar-refractivity contribution is -0.124. The minimum Gasteiger partial charge on any atom is -0.358 e. The van der Waals surface area contributed by atoms with Crippen LogP contribution in [0.4, 0.5) is 0 Å². The molecule has 0 spiro atoms. The standard InChI is InChI=1S/C12H17N3O2S4/c16-9(7-20-11(18)14-4-1-2-5-14)13-3-6-15-10(17)8-21-12(15)19/h1-8H2,(H,13,16). The Balaban J connectivity index is 1.60. The Morgan fingerprint density at radius 3 is 2.71 bits per heavy atom. The molecule has 2 saturated heterocycles. The van der Waals surface area contributed by atoms with E-state index >= 15 is 0 Å². The fraction of sp³-hybridized carbons (Fsp3) is 0.667. The number of likely N-dealkylation sites (tertiary alicyclic amines) is 1. The number of hydrogen-bond acceptors (Lipinski definition) is 6. The number of thiocarbonyl (C=S) groups is 2.